The van der Waals surface area contributed by atoms with E-state index in [0.29, 0.717) is 46.0 Å². The van der Waals surface area contributed by atoms with E-state index in [9.17, 15) is 10.2 Å². The number of H-pyrrole nitrogens is 1. The Hall–Kier alpha value is -4.14. The van der Waals surface area contributed by atoms with Crippen molar-refractivity contribution in [2.24, 2.45) is 0 Å². The fraction of sp³-hybridized carbons (Fsp3) is 0.486. The molecule has 0 amide bonds. The summed E-state index contributed by atoms with van der Waals surface area (Å²) in [5.41, 5.74) is 23.1. The van der Waals surface area contributed by atoms with Gasteiger partial charge in [0.2, 0.25) is 11.6 Å². The van der Waals surface area contributed by atoms with Crippen molar-refractivity contribution in [3.05, 3.63) is 69.1 Å². The van der Waals surface area contributed by atoms with Crippen LogP contribution in [0.1, 0.15) is 93.0 Å². The monoisotopic (exact) mass is 1210 g/mol. The summed E-state index contributed by atoms with van der Waals surface area (Å²) < 4.78 is 23.0. The molecule has 8 rings (SSSR count). The molecule has 9 N–H and O–H groups in total. The van der Waals surface area contributed by atoms with Crippen molar-refractivity contribution in [3.63, 3.8) is 0 Å². The average Bonchev–Trinajstić information content (AvgIpc) is 3.98. The number of nitrogen functional groups attached to an aromatic ring is 3. The first-order chi connectivity index (χ1) is 28.9. The van der Waals surface area contributed by atoms with E-state index in [2.05, 4.69) is 122 Å². The Kier molecular flexibility index (Phi) is 22.2. The molecule has 0 fully saturated rings. The average molecular weight is 1210 g/mol. The number of nitrogens with one attached hydrogen (secondary N) is 1. The number of aliphatic hydroxyl groups is 1. The first-order valence-electron chi connectivity index (χ1n) is 17.8. The molecule has 24 nitrogen and oxygen atoms in total. The van der Waals surface area contributed by atoms with Crippen LogP contribution in [0.5, 0.6) is 17.2 Å². The van der Waals surface area contributed by atoms with Gasteiger partial charge in [0, 0.05) is 79.4 Å². The molecule has 0 radical (unpaired) electrons. The van der Waals surface area contributed by atoms with E-state index >= 15 is 0 Å². The molecule has 0 unspecified atom stereocenters. The van der Waals surface area contributed by atoms with Gasteiger partial charge in [-0.15, -0.1) is 15.3 Å². The molecule has 0 aromatic carbocycles. The van der Waals surface area contributed by atoms with Crippen LogP contribution in [0.4, 0.5) is 17.8 Å². The van der Waals surface area contributed by atoms with Gasteiger partial charge < -0.3 is 46.4 Å². The number of rotatable bonds is 6. The van der Waals surface area contributed by atoms with Crippen LogP contribution in [0.15, 0.2) is 18.6 Å². The van der Waals surface area contributed by atoms with Crippen LogP contribution >= 0.6 is 55.9 Å². The van der Waals surface area contributed by atoms with E-state index in [0.717, 1.165) is 50.5 Å². The second-order valence-corrected chi connectivity index (χ2v) is 26.0. The minimum absolute atomic E-state index is 0. The van der Waals surface area contributed by atoms with Gasteiger partial charge in [-0.2, -0.15) is 14.8 Å². The summed E-state index contributed by atoms with van der Waals surface area (Å²) in [7, 11) is 0.628. The van der Waals surface area contributed by atoms with Crippen molar-refractivity contribution in [2.75, 3.05) is 17.2 Å². The third-order valence-corrected chi connectivity index (χ3v) is 8.89. The molecule has 2 aliphatic rings. The summed E-state index contributed by atoms with van der Waals surface area (Å²) in [5, 5.41) is 54.3. The Bertz CT molecular complexity index is 2340. The number of fused-ring (bicyclic) bond motifs is 2. The zero-order valence-corrected chi connectivity index (χ0v) is 41.4. The zero-order chi connectivity index (χ0) is 44.9. The fourth-order valence-electron chi connectivity index (χ4n) is 5.35. The number of aromatic nitrogens is 15. The second kappa shape index (κ2) is 25.4. The molecule has 6 aromatic rings. The van der Waals surface area contributed by atoms with Crippen LogP contribution in [0, 0.1) is 20.8 Å². The van der Waals surface area contributed by atoms with E-state index in [-0.39, 0.29) is 51.6 Å². The van der Waals surface area contributed by atoms with E-state index in [1.54, 1.807) is 19.3 Å². The standard InChI is InChI=1S/C12H16N6O2.C11H14BrNO2.C9H12N6O2.CH3N5.2CH4.2HI.V/c1-7-10-9(6-19-12(2,3)20-10)8(4-14-7)5-18-16-11(13)15-17-18;1-7-10-9(8(4-12)5-13-7)6-14-11(2,3)15-10;1-5-8(17)7(4-16)6(2-11-5)3-15-13-9(10)12-14-15;2-1-3-5-6-4-1;;;;;/h4H,5-6H2,1-3H3,(H2,13,16);5H,4,6H2,1-3H3;2,16-17H,3-4H2,1H3,(H2,10,13);(H3,2,3,4,5,6);2*1H4;2*1H;/q;;;;;;;;+2/p-2. The van der Waals surface area contributed by atoms with Gasteiger partial charge in [0.25, 0.3) is 17.8 Å². The van der Waals surface area contributed by atoms with Crippen molar-refractivity contribution in [1.29, 1.82) is 0 Å². The second-order valence-electron chi connectivity index (χ2n) is 13.6. The SMILES string of the molecule is C.C.Cc1ncc(CBr)c2c1OC(C)(C)OC2.Cc1ncc(Cn2nnc(N)n2)c(CO)c1O.Cc1ncc(Cn2nnc(N)n2)c2c1OC(C)(C)OC2.Nc1nn[nH]n1.[I][V][I]. The number of pyridine rings is 3. The summed E-state index contributed by atoms with van der Waals surface area (Å²) in [6.45, 7) is 14.5. The fourth-order valence-corrected chi connectivity index (χ4v) is 5.83. The molecule has 0 saturated heterocycles. The van der Waals surface area contributed by atoms with Gasteiger partial charge in [-0.05, 0) is 42.0 Å². The zero-order valence-electron chi connectivity index (χ0n) is 34.1. The predicted octanol–water partition coefficient (Wildman–Crippen LogP) is 4.61. The van der Waals surface area contributed by atoms with Crippen LogP contribution in [-0.2, 0) is 57.2 Å². The van der Waals surface area contributed by atoms with Gasteiger partial charge in [-0.1, -0.05) is 46.1 Å². The molecule has 0 atom stereocenters. The van der Waals surface area contributed by atoms with Crippen molar-refractivity contribution in [2.45, 2.75) is 113 Å². The Morgan fingerprint density at radius 3 is 1.59 bits per heavy atom. The third kappa shape index (κ3) is 16.1. The molecular formula is C35H53BrI2N18O6V. The normalized spacial score (nSPS) is 13.5. The van der Waals surface area contributed by atoms with Crippen LogP contribution in [0.2, 0.25) is 0 Å². The number of aromatic amines is 1. The first-order valence-corrected chi connectivity index (χ1v) is 28.0. The van der Waals surface area contributed by atoms with Crippen molar-refractivity contribution in [3.8, 4) is 17.2 Å². The summed E-state index contributed by atoms with van der Waals surface area (Å²) in [6, 6.07) is 0. The Balaban J connectivity index is 0.000000293. The molecule has 0 saturated carbocycles. The first kappa shape index (κ1) is 55.0. The van der Waals surface area contributed by atoms with Gasteiger partial charge in [0.1, 0.15) is 17.2 Å². The molecule has 345 valence electrons. The third-order valence-electron chi connectivity index (χ3n) is 8.29. The van der Waals surface area contributed by atoms with Crippen LogP contribution in [0.3, 0.4) is 0 Å². The maximum atomic E-state index is 9.75. The Morgan fingerprint density at radius 2 is 1.19 bits per heavy atom. The molecule has 2 aliphatic heterocycles. The number of aryl methyl sites for hydroxylation is 3. The van der Waals surface area contributed by atoms with Gasteiger partial charge in [-0.25, -0.2) is 0 Å². The van der Waals surface area contributed by atoms with Gasteiger partial charge in [-0.3, -0.25) is 15.0 Å². The van der Waals surface area contributed by atoms with Gasteiger partial charge >= 0.3 is 49.4 Å². The Labute approximate surface area is 401 Å². The quantitative estimate of drug-likeness (QED) is 0.0979. The minimum atomic E-state index is -0.645. The summed E-state index contributed by atoms with van der Waals surface area (Å²) in [6.07, 6.45) is 5.20. The van der Waals surface area contributed by atoms with E-state index in [1.807, 2.05) is 47.7 Å². The van der Waals surface area contributed by atoms with Crippen molar-refractivity contribution >= 4 is 73.7 Å². The number of nitrogens with zero attached hydrogens (tertiary/aromatic N) is 14. The van der Waals surface area contributed by atoms with E-state index in [1.165, 1.54) is 9.59 Å². The van der Waals surface area contributed by atoms with E-state index in [4.69, 9.17) is 36.1 Å². The topological polar surface area (TPSA) is 336 Å². The van der Waals surface area contributed by atoms with Crippen LogP contribution in [0.25, 0.3) is 0 Å². The number of ether oxygens (including phenoxy) is 4. The molecule has 0 aliphatic carbocycles. The summed E-state index contributed by atoms with van der Waals surface area (Å²) >= 11 is 8.18. The number of hydrogen-bond donors (Lipinski definition) is 6. The van der Waals surface area contributed by atoms with Crippen molar-refractivity contribution < 1.29 is 38.6 Å². The molecule has 28 heteroatoms. The number of nitrogens with two attached hydrogens (primary N) is 3. The predicted molar refractivity (Wildman–Crippen MR) is 249 cm³/mol. The van der Waals surface area contributed by atoms with Gasteiger partial charge in [0.05, 0.1) is 50.0 Å². The maximum absolute atomic E-state index is 9.75. The summed E-state index contributed by atoms with van der Waals surface area (Å²) in [4.78, 5) is 15.4. The number of tetrazole rings is 3. The van der Waals surface area contributed by atoms with Gasteiger partial charge in [0.15, 0.2) is 0 Å². The number of aliphatic hydroxyl groups excluding tert-OH is 1. The molecule has 63 heavy (non-hydrogen) atoms. The molecule has 8 heterocycles. The molecule has 0 bridgehead atoms. The van der Waals surface area contributed by atoms with Crippen molar-refractivity contribution in [1.82, 2.24) is 76.0 Å². The van der Waals surface area contributed by atoms with Crippen LogP contribution in [-0.4, -0.2) is 97.8 Å². The molecule has 0 spiro atoms. The van der Waals surface area contributed by atoms with E-state index < -0.39 is 11.6 Å². The Morgan fingerprint density at radius 1 is 0.746 bits per heavy atom. The summed E-state index contributed by atoms with van der Waals surface area (Å²) in [5.74, 6) is 0.828. The van der Waals surface area contributed by atoms with Crippen LogP contribution < -0.4 is 26.7 Å². The number of halogens is 3. The number of aromatic hydroxyl groups is 1. The number of hydrogen-bond acceptors (Lipinski definition) is 21. The molecule has 6 aromatic heterocycles. The molecular weight excluding hydrogens is 1150 g/mol. The number of anilines is 3. The number of alkyl halides is 1.